The summed E-state index contributed by atoms with van der Waals surface area (Å²) in [4.78, 5) is 6.34. The lowest BCUT2D eigenvalue weighted by Crippen LogP contribution is -2.41. The fourth-order valence-corrected chi connectivity index (χ4v) is 4.10. The van der Waals surface area contributed by atoms with E-state index in [1.807, 2.05) is 0 Å². The highest BCUT2D eigenvalue weighted by molar-refractivity contribution is 7.89. The molecule has 1 saturated heterocycles. The summed E-state index contributed by atoms with van der Waals surface area (Å²) >= 11 is 5.77. The first-order valence-electron chi connectivity index (χ1n) is 6.77. The molecule has 2 heterocycles. The molecule has 1 aromatic rings. The fourth-order valence-electron chi connectivity index (χ4n) is 2.64. The second kappa shape index (κ2) is 6.39. The number of likely N-dealkylation sites (N-methyl/N-ethyl adjacent to an activating group) is 2. The van der Waals surface area contributed by atoms with E-state index in [0.717, 1.165) is 25.9 Å². The molecule has 1 aliphatic heterocycles. The third-order valence-electron chi connectivity index (χ3n) is 3.78. The van der Waals surface area contributed by atoms with E-state index < -0.39 is 10.0 Å². The van der Waals surface area contributed by atoms with Crippen molar-refractivity contribution in [1.29, 1.82) is 0 Å². The second-order valence-electron chi connectivity index (χ2n) is 5.02. The Balaban J connectivity index is 2.13. The van der Waals surface area contributed by atoms with Crippen LogP contribution >= 0.6 is 11.6 Å². The van der Waals surface area contributed by atoms with Crippen LogP contribution in [0.2, 0.25) is 5.15 Å². The van der Waals surface area contributed by atoms with Gasteiger partial charge < -0.3 is 0 Å². The van der Waals surface area contributed by atoms with Gasteiger partial charge in [-0.2, -0.15) is 4.31 Å². The third-order valence-corrected chi connectivity index (χ3v) is 5.81. The number of sulfonamides is 1. The van der Waals surface area contributed by atoms with Crippen molar-refractivity contribution in [3.63, 3.8) is 0 Å². The molecule has 0 saturated carbocycles. The molecular weight excluding hydrogens is 298 g/mol. The maximum Gasteiger partial charge on any atom is 0.243 e. The first-order chi connectivity index (χ1) is 9.45. The molecule has 0 spiro atoms. The Morgan fingerprint density at radius 3 is 2.95 bits per heavy atom. The van der Waals surface area contributed by atoms with Crippen molar-refractivity contribution in [2.45, 2.75) is 30.7 Å². The number of hydrogen-bond acceptors (Lipinski definition) is 4. The Morgan fingerprint density at radius 1 is 1.55 bits per heavy atom. The highest BCUT2D eigenvalue weighted by atomic mass is 35.5. The standard InChI is InChI=1S/C13H20ClN3O2S/c1-3-17-8-4-5-11(17)10-16(2)20(18,19)12-6-7-15-13(14)9-12/h6-7,9,11H,3-5,8,10H2,1-2H3. The van der Waals surface area contributed by atoms with Crippen molar-refractivity contribution in [2.75, 3.05) is 26.7 Å². The number of nitrogens with zero attached hydrogens (tertiary/aromatic N) is 3. The van der Waals surface area contributed by atoms with E-state index in [-0.39, 0.29) is 10.0 Å². The van der Waals surface area contributed by atoms with Gasteiger partial charge in [0.1, 0.15) is 5.15 Å². The van der Waals surface area contributed by atoms with Gasteiger partial charge in [0.15, 0.2) is 0 Å². The van der Waals surface area contributed by atoms with Gasteiger partial charge in [-0.05, 0) is 38.1 Å². The molecule has 2 rings (SSSR count). The minimum Gasteiger partial charge on any atom is -0.299 e. The van der Waals surface area contributed by atoms with E-state index in [4.69, 9.17) is 11.6 Å². The lowest BCUT2D eigenvalue weighted by Gasteiger charge is -2.27. The van der Waals surface area contributed by atoms with Gasteiger partial charge in [-0.3, -0.25) is 4.90 Å². The SMILES string of the molecule is CCN1CCCC1CN(C)S(=O)(=O)c1ccnc(Cl)c1. The molecular formula is C13H20ClN3O2S. The molecule has 1 unspecified atom stereocenters. The molecule has 112 valence electrons. The summed E-state index contributed by atoms with van der Waals surface area (Å²) in [5.41, 5.74) is 0. The van der Waals surface area contributed by atoms with Gasteiger partial charge in [-0.1, -0.05) is 18.5 Å². The lowest BCUT2D eigenvalue weighted by molar-refractivity contribution is 0.237. The highest BCUT2D eigenvalue weighted by Crippen LogP contribution is 2.21. The van der Waals surface area contributed by atoms with Crippen molar-refractivity contribution in [3.05, 3.63) is 23.5 Å². The smallest absolute Gasteiger partial charge is 0.243 e. The molecule has 1 aliphatic rings. The van der Waals surface area contributed by atoms with E-state index >= 15 is 0 Å². The Hall–Kier alpha value is -0.690. The van der Waals surface area contributed by atoms with Crippen LogP contribution in [0.1, 0.15) is 19.8 Å². The number of likely N-dealkylation sites (tertiary alicyclic amines) is 1. The summed E-state index contributed by atoms with van der Waals surface area (Å²) in [5, 5.41) is 0.190. The quantitative estimate of drug-likeness (QED) is 0.778. The number of pyridine rings is 1. The molecule has 1 atom stereocenters. The Labute approximate surface area is 125 Å². The third kappa shape index (κ3) is 3.31. The van der Waals surface area contributed by atoms with Crippen LogP contribution in [0.15, 0.2) is 23.2 Å². The minimum atomic E-state index is -3.50. The van der Waals surface area contributed by atoms with Crippen molar-refractivity contribution < 1.29 is 8.42 Å². The van der Waals surface area contributed by atoms with E-state index in [1.165, 1.54) is 22.6 Å². The lowest BCUT2D eigenvalue weighted by atomic mass is 10.2. The zero-order valence-corrected chi connectivity index (χ0v) is 13.4. The first kappa shape index (κ1) is 15.7. The van der Waals surface area contributed by atoms with Crippen molar-refractivity contribution in [1.82, 2.24) is 14.2 Å². The normalized spacial score (nSPS) is 20.7. The average Bonchev–Trinajstić information content (AvgIpc) is 2.86. The Morgan fingerprint density at radius 2 is 2.30 bits per heavy atom. The van der Waals surface area contributed by atoms with Crippen LogP contribution in [-0.4, -0.2) is 55.3 Å². The minimum absolute atomic E-state index is 0.190. The van der Waals surface area contributed by atoms with Crippen LogP contribution in [0.3, 0.4) is 0 Å². The van der Waals surface area contributed by atoms with E-state index in [2.05, 4.69) is 16.8 Å². The molecule has 0 radical (unpaired) electrons. The monoisotopic (exact) mass is 317 g/mol. The zero-order valence-electron chi connectivity index (χ0n) is 11.8. The van der Waals surface area contributed by atoms with Crippen molar-refractivity contribution in [2.24, 2.45) is 0 Å². The summed E-state index contributed by atoms with van der Waals surface area (Å²) in [5.74, 6) is 0. The Bertz CT molecular complexity index is 564. The summed E-state index contributed by atoms with van der Waals surface area (Å²) in [6.45, 7) is 4.63. The van der Waals surface area contributed by atoms with Crippen LogP contribution in [0, 0.1) is 0 Å². The molecule has 0 aromatic carbocycles. The van der Waals surface area contributed by atoms with Crippen LogP contribution in [-0.2, 0) is 10.0 Å². The molecule has 0 aliphatic carbocycles. The van der Waals surface area contributed by atoms with Crippen LogP contribution in [0.25, 0.3) is 0 Å². The molecule has 0 bridgehead atoms. The summed E-state index contributed by atoms with van der Waals surface area (Å²) in [7, 11) is -1.88. The number of hydrogen-bond donors (Lipinski definition) is 0. The highest BCUT2D eigenvalue weighted by Gasteiger charge is 2.29. The fraction of sp³-hybridized carbons (Fsp3) is 0.615. The van der Waals surface area contributed by atoms with E-state index in [9.17, 15) is 8.42 Å². The molecule has 20 heavy (non-hydrogen) atoms. The predicted octanol–water partition coefficient (Wildman–Crippen LogP) is 1.84. The Kier molecular flexibility index (Phi) is 5.01. The molecule has 1 aromatic heterocycles. The second-order valence-corrected chi connectivity index (χ2v) is 7.46. The first-order valence-corrected chi connectivity index (χ1v) is 8.59. The zero-order chi connectivity index (χ0) is 14.8. The molecule has 0 N–H and O–H groups in total. The van der Waals surface area contributed by atoms with Crippen molar-refractivity contribution in [3.8, 4) is 0 Å². The van der Waals surface area contributed by atoms with Gasteiger partial charge in [-0.15, -0.1) is 0 Å². The number of aromatic nitrogens is 1. The van der Waals surface area contributed by atoms with Gasteiger partial charge >= 0.3 is 0 Å². The van der Waals surface area contributed by atoms with Gasteiger partial charge in [0.25, 0.3) is 0 Å². The summed E-state index contributed by atoms with van der Waals surface area (Å²) < 4.78 is 26.4. The van der Waals surface area contributed by atoms with Crippen LogP contribution < -0.4 is 0 Å². The average molecular weight is 318 g/mol. The predicted molar refractivity (Wildman–Crippen MR) is 79.3 cm³/mol. The molecule has 1 fully saturated rings. The summed E-state index contributed by atoms with van der Waals surface area (Å²) in [6, 6.07) is 3.17. The van der Waals surface area contributed by atoms with Gasteiger partial charge in [0.2, 0.25) is 10.0 Å². The van der Waals surface area contributed by atoms with E-state index in [1.54, 1.807) is 7.05 Å². The maximum absolute atomic E-state index is 12.5. The van der Waals surface area contributed by atoms with Gasteiger partial charge in [0, 0.05) is 25.8 Å². The molecule has 0 amide bonds. The van der Waals surface area contributed by atoms with Gasteiger partial charge in [-0.25, -0.2) is 13.4 Å². The van der Waals surface area contributed by atoms with Crippen molar-refractivity contribution >= 4 is 21.6 Å². The number of rotatable bonds is 5. The largest absolute Gasteiger partial charge is 0.299 e. The molecule has 5 nitrogen and oxygen atoms in total. The summed E-state index contributed by atoms with van der Waals surface area (Å²) in [6.07, 6.45) is 3.59. The van der Waals surface area contributed by atoms with Crippen LogP contribution in [0.4, 0.5) is 0 Å². The van der Waals surface area contributed by atoms with Crippen LogP contribution in [0.5, 0.6) is 0 Å². The van der Waals surface area contributed by atoms with E-state index in [0.29, 0.717) is 12.6 Å². The maximum atomic E-state index is 12.5. The number of halogens is 1. The topological polar surface area (TPSA) is 53.5 Å². The van der Waals surface area contributed by atoms with Gasteiger partial charge in [0.05, 0.1) is 4.90 Å². The molecule has 7 heteroatoms.